The van der Waals surface area contributed by atoms with Crippen molar-refractivity contribution in [3.8, 4) is 0 Å². The fourth-order valence-corrected chi connectivity index (χ4v) is 2.70. The zero-order chi connectivity index (χ0) is 14.5. The largest absolute Gasteiger partial charge is 0.273 e. The number of rotatable bonds is 3. The zero-order valence-corrected chi connectivity index (χ0v) is 12.0. The Morgan fingerprint density at radius 1 is 0.952 bits per heavy atom. The summed E-state index contributed by atoms with van der Waals surface area (Å²) in [6.45, 7) is 1.85. The van der Waals surface area contributed by atoms with Crippen LogP contribution in [-0.4, -0.2) is 24.0 Å². The van der Waals surface area contributed by atoms with E-state index in [0.29, 0.717) is 5.56 Å². The van der Waals surface area contributed by atoms with Crippen molar-refractivity contribution in [3.63, 3.8) is 0 Å². The Morgan fingerprint density at radius 3 is 2.33 bits per heavy atom. The number of hydrazine groups is 1. The summed E-state index contributed by atoms with van der Waals surface area (Å²) in [5, 5.41) is 3.97. The van der Waals surface area contributed by atoms with Gasteiger partial charge in [-0.15, -0.1) is 0 Å². The van der Waals surface area contributed by atoms with E-state index in [4.69, 9.17) is 0 Å². The normalized spacial score (nSPS) is 15.6. The van der Waals surface area contributed by atoms with Crippen LogP contribution in [0.5, 0.6) is 0 Å². The Bertz CT molecular complexity index is 577. The van der Waals surface area contributed by atoms with Crippen molar-refractivity contribution < 1.29 is 4.79 Å². The number of carbonyl (C=O) groups is 1. The van der Waals surface area contributed by atoms with Crippen LogP contribution in [0.2, 0.25) is 0 Å². The minimum Gasteiger partial charge on any atom is -0.267 e. The lowest BCUT2D eigenvalue weighted by molar-refractivity contribution is 0.0872. The lowest BCUT2D eigenvalue weighted by Gasteiger charge is -2.37. The van der Waals surface area contributed by atoms with E-state index >= 15 is 0 Å². The fourth-order valence-electron chi connectivity index (χ4n) is 2.70. The number of carbonyl (C=O) groups excluding carboxylic acids is 1. The number of amides is 1. The maximum absolute atomic E-state index is 12.9. The quantitative estimate of drug-likeness (QED) is 0.858. The van der Waals surface area contributed by atoms with Crippen LogP contribution in [0, 0.1) is 6.07 Å². The van der Waals surface area contributed by atoms with E-state index in [1.54, 1.807) is 6.07 Å². The topological polar surface area (TPSA) is 23.6 Å². The maximum Gasteiger partial charge on any atom is 0.273 e. The molecule has 0 unspecified atom stereocenters. The van der Waals surface area contributed by atoms with E-state index in [0.717, 1.165) is 31.6 Å². The molecule has 2 aromatic carbocycles. The SMILES string of the molecule is O=C(c1[c]cccc1)N(c1ccccc1)N1CCCCC1. The van der Waals surface area contributed by atoms with Gasteiger partial charge in [0.05, 0.1) is 5.69 Å². The number of nitrogens with zero attached hydrogens (tertiary/aromatic N) is 2. The molecule has 107 valence electrons. The zero-order valence-electron chi connectivity index (χ0n) is 12.0. The van der Waals surface area contributed by atoms with Gasteiger partial charge in [-0.25, -0.2) is 10.0 Å². The van der Waals surface area contributed by atoms with Crippen LogP contribution in [0.4, 0.5) is 5.69 Å². The van der Waals surface area contributed by atoms with E-state index in [1.807, 2.05) is 53.5 Å². The molecule has 3 rings (SSSR count). The smallest absolute Gasteiger partial charge is 0.267 e. The third-order valence-electron chi connectivity index (χ3n) is 3.75. The molecule has 0 atom stereocenters. The number of hydrogen-bond acceptors (Lipinski definition) is 2. The first-order chi connectivity index (χ1) is 10.4. The van der Waals surface area contributed by atoms with Crippen molar-refractivity contribution in [1.29, 1.82) is 0 Å². The average molecular weight is 279 g/mol. The molecule has 1 aliphatic rings. The maximum atomic E-state index is 12.9. The summed E-state index contributed by atoms with van der Waals surface area (Å²) in [7, 11) is 0. The minimum atomic E-state index is -0.0105. The summed E-state index contributed by atoms with van der Waals surface area (Å²) in [5.74, 6) is -0.0105. The molecule has 3 nitrogen and oxygen atoms in total. The van der Waals surface area contributed by atoms with Gasteiger partial charge in [-0.1, -0.05) is 42.8 Å². The lowest BCUT2D eigenvalue weighted by Crippen LogP contribution is -2.49. The Balaban J connectivity index is 1.94. The molecule has 0 bridgehead atoms. The van der Waals surface area contributed by atoms with Gasteiger partial charge in [0, 0.05) is 18.7 Å². The Hall–Kier alpha value is -2.13. The van der Waals surface area contributed by atoms with Crippen molar-refractivity contribution in [1.82, 2.24) is 5.01 Å². The number of hydrogen-bond donors (Lipinski definition) is 0. The highest BCUT2D eigenvalue weighted by Gasteiger charge is 2.25. The van der Waals surface area contributed by atoms with Gasteiger partial charge in [0.15, 0.2) is 0 Å². The van der Waals surface area contributed by atoms with Crippen molar-refractivity contribution in [2.75, 3.05) is 18.1 Å². The molecule has 21 heavy (non-hydrogen) atoms. The molecule has 0 spiro atoms. The van der Waals surface area contributed by atoms with E-state index < -0.39 is 0 Å². The number of piperidine rings is 1. The molecule has 1 heterocycles. The average Bonchev–Trinajstić information content (AvgIpc) is 2.58. The predicted molar refractivity (Wildman–Crippen MR) is 84.0 cm³/mol. The first-order valence-corrected chi connectivity index (χ1v) is 7.47. The molecule has 0 aromatic heterocycles. The molecule has 0 N–H and O–H groups in total. The molecule has 1 amide bonds. The molecular weight excluding hydrogens is 260 g/mol. The molecule has 0 aliphatic carbocycles. The Labute approximate surface area is 125 Å². The van der Waals surface area contributed by atoms with Crippen LogP contribution in [0.15, 0.2) is 54.6 Å². The molecule has 2 aromatic rings. The number of anilines is 1. The number of para-hydroxylation sites is 1. The van der Waals surface area contributed by atoms with Gasteiger partial charge in [0.1, 0.15) is 0 Å². The highest BCUT2D eigenvalue weighted by Crippen LogP contribution is 2.22. The molecule has 1 aliphatic heterocycles. The van der Waals surface area contributed by atoms with Crippen LogP contribution in [0.25, 0.3) is 0 Å². The molecular formula is C18H19N2O. The van der Waals surface area contributed by atoms with E-state index in [9.17, 15) is 4.79 Å². The summed E-state index contributed by atoms with van der Waals surface area (Å²) < 4.78 is 0. The van der Waals surface area contributed by atoms with Crippen molar-refractivity contribution in [2.45, 2.75) is 19.3 Å². The van der Waals surface area contributed by atoms with Gasteiger partial charge in [0.25, 0.3) is 5.91 Å². The summed E-state index contributed by atoms with van der Waals surface area (Å²) in [4.78, 5) is 12.9. The second kappa shape index (κ2) is 6.55. The van der Waals surface area contributed by atoms with Crippen molar-refractivity contribution >= 4 is 11.6 Å². The van der Waals surface area contributed by atoms with Gasteiger partial charge in [-0.2, -0.15) is 0 Å². The van der Waals surface area contributed by atoms with Crippen LogP contribution in [0.3, 0.4) is 0 Å². The summed E-state index contributed by atoms with van der Waals surface area (Å²) >= 11 is 0. The number of benzene rings is 2. The second-order valence-electron chi connectivity index (χ2n) is 5.24. The van der Waals surface area contributed by atoms with Crippen LogP contribution in [0.1, 0.15) is 29.6 Å². The predicted octanol–water partition coefficient (Wildman–Crippen LogP) is 3.53. The monoisotopic (exact) mass is 279 g/mol. The van der Waals surface area contributed by atoms with E-state index in [-0.39, 0.29) is 5.91 Å². The Morgan fingerprint density at radius 2 is 1.67 bits per heavy atom. The van der Waals surface area contributed by atoms with E-state index in [1.165, 1.54) is 6.42 Å². The second-order valence-corrected chi connectivity index (χ2v) is 5.24. The molecule has 1 saturated heterocycles. The minimum absolute atomic E-state index is 0.0105. The first kappa shape index (κ1) is 13.8. The highest BCUT2D eigenvalue weighted by atomic mass is 16.2. The molecule has 0 saturated carbocycles. The molecule has 1 radical (unpaired) electrons. The van der Waals surface area contributed by atoms with Crippen LogP contribution in [-0.2, 0) is 0 Å². The summed E-state index contributed by atoms with van der Waals surface area (Å²) in [6, 6.07) is 20.3. The van der Waals surface area contributed by atoms with Gasteiger partial charge in [-0.3, -0.25) is 4.79 Å². The Kier molecular flexibility index (Phi) is 4.31. The standard InChI is InChI=1S/C18H19N2O/c21-18(16-10-4-1-5-11-16)20(17-12-6-2-7-13-17)19-14-8-3-9-15-19/h1-2,4-7,10,12-13H,3,8-9,14-15H2. The lowest BCUT2D eigenvalue weighted by atomic mass is 10.1. The highest BCUT2D eigenvalue weighted by molar-refractivity contribution is 6.05. The summed E-state index contributed by atoms with van der Waals surface area (Å²) in [6.07, 6.45) is 3.51. The molecule has 1 fully saturated rings. The van der Waals surface area contributed by atoms with Crippen molar-refractivity contribution in [2.24, 2.45) is 0 Å². The van der Waals surface area contributed by atoms with E-state index in [2.05, 4.69) is 11.1 Å². The third-order valence-corrected chi connectivity index (χ3v) is 3.75. The third kappa shape index (κ3) is 3.14. The summed E-state index contributed by atoms with van der Waals surface area (Å²) in [5.41, 5.74) is 1.52. The van der Waals surface area contributed by atoms with Gasteiger partial charge in [-0.05, 0) is 37.1 Å². The van der Waals surface area contributed by atoms with Crippen LogP contribution < -0.4 is 5.01 Å². The van der Waals surface area contributed by atoms with Gasteiger partial charge < -0.3 is 0 Å². The van der Waals surface area contributed by atoms with Crippen LogP contribution >= 0.6 is 0 Å². The van der Waals surface area contributed by atoms with Gasteiger partial charge >= 0.3 is 0 Å². The van der Waals surface area contributed by atoms with Crippen molar-refractivity contribution in [3.05, 3.63) is 66.2 Å². The van der Waals surface area contributed by atoms with Gasteiger partial charge in [0.2, 0.25) is 0 Å². The fraction of sp³-hybridized carbons (Fsp3) is 0.278. The first-order valence-electron chi connectivity index (χ1n) is 7.47. The molecule has 3 heteroatoms.